The van der Waals surface area contributed by atoms with Crippen LogP contribution >= 0.6 is 0 Å². The van der Waals surface area contributed by atoms with Gasteiger partial charge in [-0.3, -0.25) is 4.79 Å². The molecule has 0 aliphatic heterocycles. The molecule has 2 heterocycles. The quantitative estimate of drug-likeness (QED) is 0.754. The first-order chi connectivity index (χ1) is 10.8. The number of aromatic nitrogens is 4. The van der Waals surface area contributed by atoms with E-state index in [0.717, 1.165) is 0 Å². The van der Waals surface area contributed by atoms with Gasteiger partial charge in [0.05, 0.1) is 0 Å². The lowest BCUT2D eigenvalue weighted by atomic mass is 10.3. The second-order valence-electron chi connectivity index (χ2n) is 4.47. The van der Waals surface area contributed by atoms with Crippen LogP contribution in [0.25, 0.3) is 11.3 Å². The average Bonchev–Trinajstić information content (AvgIpc) is 2.88. The number of rotatable bonds is 4. The lowest BCUT2D eigenvalue weighted by Crippen LogP contribution is -2.15. The number of alkyl halides is 3. The molecular formula is C14H14F3N5O. The van der Waals surface area contributed by atoms with Gasteiger partial charge in [-0.15, -0.1) is 0 Å². The topological polar surface area (TPSA) is 86.5 Å². The molecule has 0 radical (unpaired) electrons. The molecule has 3 N–H and O–H groups in total. The van der Waals surface area contributed by atoms with Crippen LogP contribution in [-0.2, 0) is 6.18 Å². The molecule has 0 atom stereocenters. The summed E-state index contributed by atoms with van der Waals surface area (Å²) in [5.74, 6) is -1.35. The van der Waals surface area contributed by atoms with Crippen molar-refractivity contribution in [3.63, 3.8) is 0 Å². The van der Waals surface area contributed by atoms with Crippen molar-refractivity contribution in [2.75, 3.05) is 5.32 Å². The zero-order valence-electron chi connectivity index (χ0n) is 12.3. The summed E-state index contributed by atoms with van der Waals surface area (Å²) in [5.41, 5.74) is -0.532. The van der Waals surface area contributed by atoms with Crippen LogP contribution in [0.1, 0.15) is 19.7 Å². The Kier molecular flexibility index (Phi) is 4.68. The average molecular weight is 325 g/mol. The van der Waals surface area contributed by atoms with Gasteiger partial charge in [0.2, 0.25) is 5.82 Å². The predicted octanol–water partition coefficient (Wildman–Crippen LogP) is 3.11. The minimum absolute atomic E-state index is 0.135. The van der Waals surface area contributed by atoms with Crippen LogP contribution in [0.4, 0.5) is 19.0 Å². The molecule has 0 aromatic carbocycles. The van der Waals surface area contributed by atoms with E-state index in [0.29, 0.717) is 5.70 Å². The number of nitrogens with one attached hydrogen (secondary N) is 3. The highest BCUT2D eigenvalue weighted by Gasteiger charge is 2.35. The number of nitrogens with zero attached hydrogens (tertiary/aromatic N) is 2. The van der Waals surface area contributed by atoms with E-state index in [1.807, 2.05) is 11.9 Å². The minimum Gasteiger partial charge on any atom is -0.336 e. The number of allylic oxidation sites excluding steroid dienone is 5. The Hall–Kier alpha value is -2.84. The van der Waals surface area contributed by atoms with Crippen molar-refractivity contribution in [2.45, 2.75) is 20.0 Å². The van der Waals surface area contributed by atoms with E-state index < -0.39 is 17.6 Å². The second kappa shape index (κ2) is 6.51. The maximum atomic E-state index is 12.6. The van der Waals surface area contributed by atoms with E-state index in [-0.39, 0.29) is 17.1 Å². The number of H-pyrrole nitrogens is 2. The van der Waals surface area contributed by atoms with E-state index in [9.17, 15) is 18.0 Å². The summed E-state index contributed by atoms with van der Waals surface area (Å²) >= 11 is 0. The lowest BCUT2D eigenvalue weighted by Gasteiger charge is -2.04. The van der Waals surface area contributed by atoms with Gasteiger partial charge in [0, 0.05) is 5.70 Å². The van der Waals surface area contributed by atoms with Crippen molar-refractivity contribution in [1.82, 2.24) is 19.9 Å². The van der Waals surface area contributed by atoms with E-state index in [4.69, 9.17) is 0 Å². The number of hydrogen-bond acceptors (Lipinski definition) is 4. The first-order valence-corrected chi connectivity index (χ1v) is 6.65. The molecular weight excluding hydrogens is 311 g/mol. The minimum atomic E-state index is -4.65. The molecule has 2 aromatic heterocycles. The van der Waals surface area contributed by atoms with Crippen LogP contribution in [0.5, 0.6) is 0 Å². The number of fused-ring (bicyclic) bond motifs is 1. The predicted molar refractivity (Wildman–Crippen MR) is 80.8 cm³/mol. The van der Waals surface area contributed by atoms with Gasteiger partial charge in [0.1, 0.15) is 0 Å². The SMILES string of the molecule is C\C=C/C=C(\C=C/C)Nc1nc2[nH]c(C(F)(F)F)nc2[nH]c1=O. The van der Waals surface area contributed by atoms with Gasteiger partial charge in [0.25, 0.3) is 5.56 Å². The first kappa shape index (κ1) is 16.5. The van der Waals surface area contributed by atoms with Crippen LogP contribution in [0.2, 0.25) is 0 Å². The maximum Gasteiger partial charge on any atom is 0.449 e. The molecule has 6 nitrogen and oxygen atoms in total. The maximum absolute atomic E-state index is 12.6. The Morgan fingerprint density at radius 3 is 2.43 bits per heavy atom. The highest BCUT2D eigenvalue weighted by atomic mass is 19.4. The monoisotopic (exact) mass is 325 g/mol. The fourth-order valence-electron chi connectivity index (χ4n) is 1.74. The smallest absolute Gasteiger partial charge is 0.336 e. The molecule has 0 saturated carbocycles. The summed E-state index contributed by atoms with van der Waals surface area (Å²) in [6.07, 6.45) is 4.02. The molecule has 0 fully saturated rings. The molecule has 0 saturated heterocycles. The summed E-state index contributed by atoms with van der Waals surface area (Å²) in [6, 6.07) is 0. The van der Waals surface area contributed by atoms with E-state index in [2.05, 4.69) is 20.3 Å². The van der Waals surface area contributed by atoms with Crippen LogP contribution in [-0.4, -0.2) is 19.9 Å². The highest BCUT2D eigenvalue weighted by molar-refractivity contribution is 5.68. The van der Waals surface area contributed by atoms with Crippen molar-refractivity contribution in [1.29, 1.82) is 0 Å². The summed E-state index contributed by atoms with van der Waals surface area (Å²) in [4.78, 5) is 23.4. The zero-order chi connectivity index (χ0) is 17.0. The molecule has 122 valence electrons. The van der Waals surface area contributed by atoms with Crippen LogP contribution < -0.4 is 10.9 Å². The number of aromatic amines is 2. The van der Waals surface area contributed by atoms with E-state index in [1.165, 1.54) is 0 Å². The Bertz CT molecular complexity index is 842. The molecule has 0 bridgehead atoms. The number of anilines is 1. The largest absolute Gasteiger partial charge is 0.449 e. The van der Waals surface area contributed by atoms with Gasteiger partial charge in [-0.25, -0.2) is 9.97 Å². The normalized spacial score (nSPS) is 13.5. The summed E-state index contributed by atoms with van der Waals surface area (Å²) in [7, 11) is 0. The summed E-state index contributed by atoms with van der Waals surface area (Å²) < 4.78 is 37.9. The molecule has 0 spiro atoms. The van der Waals surface area contributed by atoms with Gasteiger partial charge in [-0.2, -0.15) is 13.2 Å². The zero-order valence-corrected chi connectivity index (χ0v) is 12.3. The molecule has 9 heteroatoms. The van der Waals surface area contributed by atoms with Gasteiger partial charge in [-0.05, 0) is 26.0 Å². The van der Waals surface area contributed by atoms with Crippen molar-refractivity contribution in [2.24, 2.45) is 0 Å². The van der Waals surface area contributed by atoms with Crippen LogP contribution in [0.3, 0.4) is 0 Å². The number of imidazole rings is 1. The molecule has 23 heavy (non-hydrogen) atoms. The third kappa shape index (κ3) is 3.87. The summed E-state index contributed by atoms with van der Waals surface area (Å²) in [6.45, 7) is 3.61. The standard InChI is InChI=1S/C14H14F3N5O/c1-3-5-7-8(6-4-2)18-11-12(23)20-10-9(19-11)21-13(22-10)14(15,16)17/h3-7H,1-2H3,(H3,18,19,20,21,22,23)/b5-3-,6-4-,8-7+. The van der Waals surface area contributed by atoms with Crippen LogP contribution in [0.15, 0.2) is 40.9 Å². The molecule has 0 aliphatic carbocycles. The highest BCUT2D eigenvalue weighted by Crippen LogP contribution is 2.27. The number of hydrogen-bond donors (Lipinski definition) is 3. The molecule has 0 aliphatic rings. The van der Waals surface area contributed by atoms with Gasteiger partial charge in [-0.1, -0.05) is 18.2 Å². The van der Waals surface area contributed by atoms with Crippen LogP contribution in [0, 0.1) is 0 Å². The third-order valence-electron chi connectivity index (χ3n) is 2.70. The van der Waals surface area contributed by atoms with Gasteiger partial charge >= 0.3 is 6.18 Å². The van der Waals surface area contributed by atoms with Crippen molar-refractivity contribution in [3.8, 4) is 0 Å². The van der Waals surface area contributed by atoms with Gasteiger partial charge in [0.15, 0.2) is 17.1 Å². The Labute approximate surface area is 128 Å². The van der Waals surface area contributed by atoms with Gasteiger partial charge < -0.3 is 15.3 Å². The molecule has 2 aromatic rings. The fourth-order valence-corrected chi connectivity index (χ4v) is 1.74. The Morgan fingerprint density at radius 2 is 1.83 bits per heavy atom. The number of halogens is 3. The first-order valence-electron chi connectivity index (χ1n) is 6.65. The van der Waals surface area contributed by atoms with Crippen molar-refractivity contribution in [3.05, 3.63) is 52.3 Å². The fraction of sp³-hybridized carbons (Fsp3) is 0.214. The second-order valence-corrected chi connectivity index (χ2v) is 4.47. The third-order valence-corrected chi connectivity index (χ3v) is 2.70. The molecule has 0 unspecified atom stereocenters. The Morgan fingerprint density at radius 1 is 1.13 bits per heavy atom. The van der Waals surface area contributed by atoms with Crippen molar-refractivity contribution >= 4 is 17.1 Å². The summed E-state index contributed by atoms with van der Waals surface area (Å²) in [5, 5.41) is 2.76. The molecule has 2 rings (SSSR count). The van der Waals surface area contributed by atoms with E-state index >= 15 is 0 Å². The lowest BCUT2D eigenvalue weighted by molar-refractivity contribution is -0.144. The molecule has 0 amide bonds. The Balaban J connectivity index is 2.45. The van der Waals surface area contributed by atoms with E-state index in [1.54, 1.807) is 37.3 Å². The van der Waals surface area contributed by atoms with Crippen molar-refractivity contribution < 1.29 is 13.2 Å².